The molecule has 2 bridgehead atoms. The molecular weight excluding hydrogens is 298 g/mol. The van der Waals surface area contributed by atoms with Crippen molar-refractivity contribution in [3.05, 3.63) is 34.9 Å². The molecule has 3 aliphatic rings. The van der Waals surface area contributed by atoms with Crippen LogP contribution in [-0.2, 0) is 14.9 Å². The third-order valence-electron chi connectivity index (χ3n) is 5.80. The van der Waals surface area contributed by atoms with Gasteiger partial charge < -0.3 is 9.64 Å². The number of carbonyl (C=O) groups excluding carboxylic acids is 1. The molecule has 1 aromatic rings. The molecule has 3 fully saturated rings. The van der Waals surface area contributed by atoms with Crippen LogP contribution in [0.15, 0.2) is 24.3 Å². The van der Waals surface area contributed by atoms with Crippen LogP contribution in [0.3, 0.4) is 0 Å². The van der Waals surface area contributed by atoms with Gasteiger partial charge in [-0.1, -0.05) is 23.7 Å². The number of halogens is 1. The van der Waals surface area contributed by atoms with E-state index in [0.717, 1.165) is 30.9 Å². The highest BCUT2D eigenvalue weighted by atomic mass is 35.5. The van der Waals surface area contributed by atoms with Gasteiger partial charge in [0.1, 0.15) is 0 Å². The molecule has 118 valence electrons. The Morgan fingerprint density at radius 2 is 2.09 bits per heavy atom. The van der Waals surface area contributed by atoms with Crippen molar-refractivity contribution in [3.63, 3.8) is 0 Å². The Labute approximate surface area is 136 Å². The third kappa shape index (κ3) is 2.26. The summed E-state index contributed by atoms with van der Waals surface area (Å²) < 4.78 is 5.55. The molecule has 2 heterocycles. The van der Waals surface area contributed by atoms with Crippen molar-refractivity contribution in [1.29, 1.82) is 0 Å². The summed E-state index contributed by atoms with van der Waals surface area (Å²) in [7, 11) is 0. The number of benzene rings is 1. The maximum atomic E-state index is 13.5. The molecule has 4 heteroatoms. The van der Waals surface area contributed by atoms with E-state index in [1.165, 1.54) is 19.3 Å². The van der Waals surface area contributed by atoms with Crippen molar-refractivity contribution >= 4 is 17.5 Å². The topological polar surface area (TPSA) is 29.5 Å². The van der Waals surface area contributed by atoms with Crippen molar-refractivity contribution in [2.45, 2.75) is 43.6 Å². The summed E-state index contributed by atoms with van der Waals surface area (Å²) in [6, 6.07) is 8.33. The van der Waals surface area contributed by atoms with Crippen LogP contribution in [0.2, 0.25) is 5.02 Å². The van der Waals surface area contributed by atoms with E-state index >= 15 is 0 Å². The molecule has 1 amide bonds. The highest BCUT2D eigenvalue weighted by Gasteiger charge is 2.49. The Bertz CT molecular complexity index is 582. The van der Waals surface area contributed by atoms with E-state index in [-0.39, 0.29) is 0 Å². The van der Waals surface area contributed by atoms with Crippen LogP contribution < -0.4 is 0 Å². The van der Waals surface area contributed by atoms with Crippen molar-refractivity contribution in [2.24, 2.45) is 5.92 Å². The summed E-state index contributed by atoms with van der Waals surface area (Å²) in [5.74, 6) is 1.04. The first-order chi connectivity index (χ1) is 10.7. The second-order valence-corrected chi connectivity index (χ2v) is 7.43. The van der Waals surface area contributed by atoms with Crippen molar-refractivity contribution in [3.8, 4) is 0 Å². The molecule has 22 heavy (non-hydrogen) atoms. The number of fused-ring (bicyclic) bond motifs is 2. The van der Waals surface area contributed by atoms with Crippen LogP contribution in [0.1, 0.15) is 37.7 Å². The average molecular weight is 320 g/mol. The van der Waals surface area contributed by atoms with Gasteiger partial charge in [-0.05, 0) is 55.7 Å². The Kier molecular flexibility index (Phi) is 3.66. The maximum absolute atomic E-state index is 13.5. The summed E-state index contributed by atoms with van der Waals surface area (Å²) in [5, 5.41) is 0.708. The Morgan fingerprint density at radius 1 is 1.27 bits per heavy atom. The Morgan fingerprint density at radius 3 is 2.73 bits per heavy atom. The van der Waals surface area contributed by atoms with Gasteiger partial charge in [-0.3, -0.25) is 4.79 Å². The fourth-order valence-corrected chi connectivity index (χ4v) is 4.77. The van der Waals surface area contributed by atoms with Gasteiger partial charge in [-0.25, -0.2) is 0 Å². The molecular formula is C18H22ClNO2. The lowest BCUT2D eigenvalue weighted by Crippen LogP contribution is -2.52. The SMILES string of the molecule is O=C(N1C[C@H]2CC[C@H]1C2)C1(c2cccc(Cl)c2)CCOCC1. The lowest BCUT2D eigenvalue weighted by molar-refractivity contribution is -0.143. The van der Waals surface area contributed by atoms with E-state index in [1.54, 1.807) is 0 Å². The van der Waals surface area contributed by atoms with Gasteiger partial charge in [0.25, 0.3) is 0 Å². The van der Waals surface area contributed by atoms with Crippen LogP contribution in [-0.4, -0.2) is 36.6 Å². The lowest BCUT2D eigenvalue weighted by atomic mass is 9.72. The third-order valence-corrected chi connectivity index (χ3v) is 6.04. The first kappa shape index (κ1) is 14.5. The number of hydrogen-bond donors (Lipinski definition) is 0. The normalized spacial score (nSPS) is 29.8. The second-order valence-electron chi connectivity index (χ2n) is 7.00. The Balaban J connectivity index is 1.70. The summed E-state index contributed by atoms with van der Waals surface area (Å²) in [6.45, 7) is 2.26. The average Bonchev–Trinajstić information content (AvgIpc) is 3.18. The number of carbonyl (C=O) groups is 1. The van der Waals surface area contributed by atoms with E-state index in [4.69, 9.17) is 16.3 Å². The second kappa shape index (κ2) is 5.54. The first-order valence-electron chi connectivity index (χ1n) is 8.34. The van der Waals surface area contributed by atoms with E-state index < -0.39 is 5.41 Å². The summed E-state index contributed by atoms with van der Waals surface area (Å²) in [5.41, 5.74) is 0.629. The predicted molar refractivity (Wildman–Crippen MR) is 86.0 cm³/mol. The monoisotopic (exact) mass is 319 g/mol. The summed E-state index contributed by atoms with van der Waals surface area (Å²) in [4.78, 5) is 15.6. The van der Waals surface area contributed by atoms with E-state index in [1.807, 2.05) is 18.2 Å². The number of hydrogen-bond acceptors (Lipinski definition) is 2. The minimum absolute atomic E-state index is 0.310. The molecule has 2 saturated heterocycles. The number of ether oxygens (including phenoxy) is 1. The number of likely N-dealkylation sites (tertiary alicyclic amines) is 1. The molecule has 0 spiro atoms. The number of amides is 1. The molecule has 1 saturated carbocycles. The maximum Gasteiger partial charge on any atom is 0.233 e. The molecule has 1 aromatic carbocycles. The zero-order chi connectivity index (χ0) is 15.2. The van der Waals surface area contributed by atoms with E-state index in [9.17, 15) is 4.79 Å². The van der Waals surface area contributed by atoms with Crippen molar-refractivity contribution in [1.82, 2.24) is 4.90 Å². The van der Waals surface area contributed by atoms with Crippen LogP contribution in [0, 0.1) is 5.92 Å². The first-order valence-corrected chi connectivity index (χ1v) is 8.72. The number of nitrogens with zero attached hydrogens (tertiary/aromatic N) is 1. The van der Waals surface area contributed by atoms with E-state index in [2.05, 4.69) is 11.0 Å². The zero-order valence-electron chi connectivity index (χ0n) is 12.8. The standard InChI is InChI=1S/C18H22ClNO2/c19-15-3-1-2-14(11-15)18(6-8-22-9-7-18)17(21)20-12-13-4-5-16(20)10-13/h1-3,11,13,16H,4-10,12H2/t13-,16-/m0/s1. The largest absolute Gasteiger partial charge is 0.381 e. The van der Waals surface area contributed by atoms with Gasteiger partial charge >= 0.3 is 0 Å². The van der Waals surface area contributed by atoms with Gasteiger partial charge in [0, 0.05) is 30.8 Å². The minimum Gasteiger partial charge on any atom is -0.381 e. The van der Waals surface area contributed by atoms with Gasteiger partial charge in [-0.2, -0.15) is 0 Å². The molecule has 4 rings (SSSR count). The molecule has 0 unspecified atom stereocenters. The fourth-order valence-electron chi connectivity index (χ4n) is 4.58. The lowest BCUT2D eigenvalue weighted by Gasteiger charge is -2.41. The Hall–Kier alpha value is -1.06. The van der Waals surface area contributed by atoms with Gasteiger partial charge in [-0.15, -0.1) is 0 Å². The summed E-state index contributed by atoms with van der Waals surface area (Å²) >= 11 is 6.20. The highest BCUT2D eigenvalue weighted by molar-refractivity contribution is 6.30. The number of rotatable bonds is 2. The molecule has 3 nitrogen and oxygen atoms in total. The number of piperidine rings is 1. The van der Waals surface area contributed by atoms with Crippen LogP contribution in [0.4, 0.5) is 0 Å². The molecule has 0 N–H and O–H groups in total. The summed E-state index contributed by atoms with van der Waals surface area (Å²) in [6.07, 6.45) is 5.20. The smallest absolute Gasteiger partial charge is 0.233 e. The van der Waals surface area contributed by atoms with Crippen LogP contribution in [0.5, 0.6) is 0 Å². The van der Waals surface area contributed by atoms with Gasteiger partial charge in [0.05, 0.1) is 5.41 Å². The molecule has 2 aliphatic heterocycles. The van der Waals surface area contributed by atoms with Crippen molar-refractivity contribution < 1.29 is 9.53 Å². The van der Waals surface area contributed by atoms with Crippen molar-refractivity contribution in [2.75, 3.05) is 19.8 Å². The quantitative estimate of drug-likeness (QED) is 0.836. The molecule has 0 aromatic heterocycles. The molecule has 2 atom stereocenters. The zero-order valence-corrected chi connectivity index (χ0v) is 13.5. The molecule has 1 aliphatic carbocycles. The van der Waals surface area contributed by atoms with Crippen LogP contribution >= 0.6 is 11.6 Å². The predicted octanol–water partition coefficient (Wildman–Crippen LogP) is 3.40. The van der Waals surface area contributed by atoms with Crippen LogP contribution in [0.25, 0.3) is 0 Å². The van der Waals surface area contributed by atoms with Gasteiger partial charge in [0.2, 0.25) is 5.91 Å². The molecule has 0 radical (unpaired) electrons. The minimum atomic E-state index is -0.437. The van der Waals surface area contributed by atoms with E-state index in [0.29, 0.717) is 30.2 Å². The fraction of sp³-hybridized carbons (Fsp3) is 0.611. The highest BCUT2D eigenvalue weighted by Crippen LogP contribution is 2.43. The van der Waals surface area contributed by atoms with Gasteiger partial charge in [0.15, 0.2) is 0 Å².